The molecule has 1 aromatic heterocycles. The predicted molar refractivity (Wildman–Crippen MR) is 78.7 cm³/mol. The fourth-order valence-electron chi connectivity index (χ4n) is 2.25. The van der Waals surface area contributed by atoms with E-state index in [0.29, 0.717) is 29.9 Å². The summed E-state index contributed by atoms with van der Waals surface area (Å²) in [5, 5.41) is 0.842. The van der Waals surface area contributed by atoms with E-state index in [0.717, 1.165) is 10.9 Å². The summed E-state index contributed by atoms with van der Waals surface area (Å²) in [6.45, 7) is 3.94. The molecule has 1 heterocycles. The minimum absolute atomic E-state index is 0.168. The minimum Gasteiger partial charge on any atom is -0.497 e. The summed E-state index contributed by atoms with van der Waals surface area (Å²) in [7, 11) is 1.56. The summed E-state index contributed by atoms with van der Waals surface area (Å²) >= 11 is 0. The minimum atomic E-state index is -0.419. The quantitative estimate of drug-likeness (QED) is 0.625. The third-order valence-electron chi connectivity index (χ3n) is 3.38. The molecule has 0 aliphatic carbocycles. The molecule has 0 fully saturated rings. The van der Waals surface area contributed by atoms with Crippen LogP contribution in [-0.4, -0.2) is 19.7 Å². The number of hydrogen-bond donors (Lipinski definition) is 0. The van der Waals surface area contributed by atoms with Crippen molar-refractivity contribution < 1.29 is 18.7 Å². The summed E-state index contributed by atoms with van der Waals surface area (Å²) < 4.78 is 15.3. The van der Waals surface area contributed by atoms with Crippen LogP contribution in [0.5, 0.6) is 5.75 Å². The summed E-state index contributed by atoms with van der Waals surface area (Å²) in [6, 6.07) is 5.34. The Hall–Kier alpha value is -2.30. The van der Waals surface area contributed by atoms with E-state index in [9.17, 15) is 9.59 Å². The van der Waals surface area contributed by atoms with Gasteiger partial charge in [0, 0.05) is 23.4 Å². The molecule has 0 spiro atoms. The van der Waals surface area contributed by atoms with Crippen LogP contribution in [0.25, 0.3) is 11.0 Å². The first-order valence-electron chi connectivity index (χ1n) is 6.82. The van der Waals surface area contributed by atoms with Crippen molar-refractivity contribution in [3.05, 3.63) is 39.7 Å². The molecular weight excluding hydrogens is 272 g/mol. The first-order valence-corrected chi connectivity index (χ1v) is 6.82. The Morgan fingerprint density at radius 3 is 2.76 bits per heavy atom. The van der Waals surface area contributed by atoms with E-state index in [-0.39, 0.29) is 12.4 Å². The third kappa shape index (κ3) is 3.24. The standard InChI is InChI=1S/C16H18O5/c1-4-20-15(17)8-7-13-10(2)12-6-5-11(19-3)9-14(12)21-16(13)18/h5-6,9H,4,7-8H2,1-3H3. The van der Waals surface area contributed by atoms with Crippen molar-refractivity contribution in [3.8, 4) is 5.75 Å². The van der Waals surface area contributed by atoms with E-state index in [1.165, 1.54) is 0 Å². The molecule has 0 atom stereocenters. The van der Waals surface area contributed by atoms with Gasteiger partial charge in [0.2, 0.25) is 0 Å². The summed E-state index contributed by atoms with van der Waals surface area (Å²) in [6.07, 6.45) is 0.482. The van der Waals surface area contributed by atoms with Crippen LogP contribution in [0.2, 0.25) is 0 Å². The van der Waals surface area contributed by atoms with Crippen LogP contribution in [0.3, 0.4) is 0 Å². The Morgan fingerprint density at radius 2 is 2.10 bits per heavy atom. The average molecular weight is 290 g/mol. The Balaban J connectivity index is 2.37. The molecule has 0 saturated carbocycles. The van der Waals surface area contributed by atoms with Gasteiger partial charge in [-0.1, -0.05) is 0 Å². The third-order valence-corrected chi connectivity index (χ3v) is 3.38. The fourth-order valence-corrected chi connectivity index (χ4v) is 2.25. The molecular formula is C16H18O5. The van der Waals surface area contributed by atoms with Crippen LogP contribution in [-0.2, 0) is 16.0 Å². The zero-order chi connectivity index (χ0) is 15.4. The van der Waals surface area contributed by atoms with E-state index in [4.69, 9.17) is 13.9 Å². The summed E-state index contributed by atoms with van der Waals surface area (Å²) in [4.78, 5) is 23.5. The highest BCUT2D eigenvalue weighted by Crippen LogP contribution is 2.24. The molecule has 0 N–H and O–H groups in total. The van der Waals surface area contributed by atoms with Crippen LogP contribution in [0.1, 0.15) is 24.5 Å². The monoisotopic (exact) mass is 290 g/mol. The Bertz CT molecular complexity index is 714. The maximum absolute atomic E-state index is 12.1. The second-order valence-corrected chi connectivity index (χ2v) is 4.66. The fraction of sp³-hybridized carbons (Fsp3) is 0.375. The molecule has 0 aliphatic heterocycles. The second kappa shape index (κ2) is 6.43. The molecule has 5 nitrogen and oxygen atoms in total. The van der Waals surface area contributed by atoms with Gasteiger partial charge in [-0.3, -0.25) is 4.79 Å². The van der Waals surface area contributed by atoms with Crippen molar-refractivity contribution >= 4 is 16.9 Å². The molecule has 0 amide bonds. The molecule has 2 rings (SSSR count). The van der Waals surface area contributed by atoms with Crippen LogP contribution in [0.15, 0.2) is 27.4 Å². The van der Waals surface area contributed by atoms with Gasteiger partial charge in [0.05, 0.1) is 13.7 Å². The molecule has 112 valence electrons. The SMILES string of the molecule is CCOC(=O)CCc1c(C)c2ccc(OC)cc2oc1=O. The lowest BCUT2D eigenvalue weighted by atomic mass is 10.0. The van der Waals surface area contributed by atoms with Gasteiger partial charge in [0.1, 0.15) is 11.3 Å². The lowest BCUT2D eigenvalue weighted by Crippen LogP contribution is -2.13. The summed E-state index contributed by atoms with van der Waals surface area (Å²) in [5.74, 6) is 0.315. The van der Waals surface area contributed by atoms with Crippen LogP contribution in [0, 0.1) is 6.92 Å². The van der Waals surface area contributed by atoms with Gasteiger partial charge < -0.3 is 13.9 Å². The van der Waals surface area contributed by atoms with Crippen molar-refractivity contribution in [1.29, 1.82) is 0 Å². The molecule has 0 saturated heterocycles. The topological polar surface area (TPSA) is 65.7 Å². The number of esters is 1. The van der Waals surface area contributed by atoms with E-state index in [2.05, 4.69) is 0 Å². The Morgan fingerprint density at radius 1 is 1.33 bits per heavy atom. The molecule has 0 bridgehead atoms. The second-order valence-electron chi connectivity index (χ2n) is 4.66. The van der Waals surface area contributed by atoms with Gasteiger partial charge in [0.25, 0.3) is 0 Å². The maximum atomic E-state index is 12.1. The molecule has 1 aromatic carbocycles. The van der Waals surface area contributed by atoms with E-state index in [1.54, 1.807) is 20.1 Å². The first kappa shape index (κ1) is 15.1. The van der Waals surface area contributed by atoms with Crippen molar-refractivity contribution in [3.63, 3.8) is 0 Å². The number of rotatable bonds is 5. The number of ether oxygens (including phenoxy) is 2. The van der Waals surface area contributed by atoms with Gasteiger partial charge in [-0.25, -0.2) is 4.79 Å². The predicted octanol–water partition coefficient (Wildman–Crippen LogP) is 2.61. The molecule has 5 heteroatoms. The number of aryl methyl sites for hydroxylation is 1. The van der Waals surface area contributed by atoms with E-state index >= 15 is 0 Å². The van der Waals surface area contributed by atoms with Crippen LogP contribution in [0.4, 0.5) is 0 Å². The molecule has 0 aliphatic rings. The van der Waals surface area contributed by atoms with E-state index in [1.807, 2.05) is 19.1 Å². The molecule has 21 heavy (non-hydrogen) atoms. The Labute approximate surface area is 122 Å². The van der Waals surface area contributed by atoms with Crippen molar-refractivity contribution in [1.82, 2.24) is 0 Å². The van der Waals surface area contributed by atoms with Crippen LogP contribution < -0.4 is 10.4 Å². The normalized spacial score (nSPS) is 10.6. The first-order chi connectivity index (χ1) is 10.1. The zero-order valence-corrected chi connectivity index (χ0v) is 12.4. The maximum Gasteiger partial charge on any atom is 0.339 e. The summed E-state index contributed by atoms with van der Waals surface area (Å²) in [5.41, 5.74) is 1.41. The highest BCUT2D eigenvalue weighted by molar-refractivity contribution is 5.82. The van der Waals surface area contributed by atoms with Crippen molar-refractivity contribution in [2.24, 2.45) is 0 Å². The van der Waals surface area contributed by atoms with Crippen molar-refractivity contribution in [2.75, 3.05) is 13.7 Å². The number of benzene rings is 1. The zero-order valence-electron chi connectivity index (χ0n) is 12.4. The number of fused-ring (bicyclic) bond motifs is 1. The van der Waals surface area contributed by atoms with Gasteiger partial charge in [-0.05, 0) is 38.0 Å². The number of carbonyl (C=O) groups excluding carboxylic acids is 1. The number of carbonyl (C=O) groups is 1. The van der Waals surface area contributed by atoms with Crippen LogP contribution >= 0.6 is 0 Å². The van der Waals surface area contributed by atoms with Gasteiger partial charge in [-0.15, -0.1) is 0 Å². The van der Waals surface area contributed by atoms with Crippen molar-refractivity contribution in [2.45, 2.75) is 26.7 Å². The average Bonchev–Trinajstić information content (AvgIpc) is 2.46. The smallest absolute Gasteiger partial charge is 0.339 e. The molecule has 2 aromatic rings. The van der Waals surface area contributed by atoms with E-state index < -0.39 is 5.63 Å². The van der Waals surface area contributed by atoms with Gasteiger partial charge in [0.15, 0.2) is 0 Å². The van der Waals surface area contributed by atoms with Gasteiger partial charge >= 0.3 is 11.6 Å². The Kier molecular flexibility index (Phi) is 4.62. The number of methoxy groups -OCH3 is 1. The highest BCUT2D eigenvalue weighted by atomic mass is 16.5. The molecule has 0 radical (unpaired) electrons. The molecule has 0 unspecified atom stereocenters. The number of hydrogen-bond acceptors (Lipinski definition) is 5. The lowest BCUT2D eigenvalue weighted by molar-refractivity contribution is -0.143. The highest BCUT2D eigenvalue weighted by Gasteiger charge is 2.13. The lowest BCUT2D eigenvalue weighted by Gasteiger charge is -2.08. The largest absolute Gasteiger partial charge is 0.497 e. The van der Waals surface area contributed by atoms with Gasteiger partial charge in [-0.2, -0.15) is 0 Å².